The molecule has 0 amide bonds. The molecule has 4 nitrogen and oxygen atoms in total. The van der Waals surface area contributed by atoms with Crippen LogP contribution in [0.1, 0.15) is 38.3 Å². The average Bonchev–Trinajstić information content (AvgIpc) is 2.60. The zero-order valence-electron chi connectivity index (χ0n) is 13.8. The minimum absolute atomic E-state index is 0.135. The molecule has 0 heterocycles. The van der Waals surface area contributed by atoms with Crippen molar-refractivity contribution in [1.29, 1.82) is 0 Å². The van der Waals surface area contributed by atoms with E-state index in [1.165, 1.54) is 43.5 Å². The maximum atomic E-state index is 12.5. The molecule has 2 aromatic rings. The molecule has 0 spiro atoms. The summed E-state index contributed by atoms with van der Waals surface area (Å²) in [5, 5.41) is 0. The summed E-state index contributed by atoms with van der Waals surface area (Å²) < 4.78 is 42.1. The zero-order valence-corrected chi connectivity index (χ0v) is 13.8. The third-order valence-electron chi connectivity index (χ3n) is 3.67. The smallest absolute Gasteiger partial charge is 0.416 e. The summed E-state index contributed by atoms with van der Waals surface area (Å²) in [4.78, 5) is 35.4. The predicted octanol–water partition coefficient (Wildman–Crippen LogP) is 3.88. The molecule has 0 saturated carbocycles. The van der Waals surface area contributed by atoms with Crippen LogP contribution in [0.4, 0.5) is 13.2 Å². The number of rotatable bonds is 6. The largest absolute Gasteiger partial charge is 0.465 e. The molecular weight excluding hydrogens is 349 g/mol. The standard InChI is InChI=1S/C19H15F3O4/c1-26-18(25)14-6-4-13(5-7-14)17(24)11-16(23)10-12-2-8-15(9-3-12)19(20,21)22/h2-9H,10-11H2,1H3. The van der Waals surface area contributed by atoms with Crippen LogP contribution in [0.2, 0.25) is 0 Å². The van der Waals surface area contributed by atoms with E-state index in [-0.39, 0.29) is 24.0 Å². The molecule has 0 aliphatic heterocycles. The Morgan fingerprint density at radius 1 is 0.885 bits per heavy atom. The van der Waals surface area contributed by atoms with Gasteiger partial charge in [-0.05, 0) is 29.8 Å². The molecule has 0 radical (unpaired) electrons. The van der Waals surface area contributed by atoms with Crippen LogP contribution in [0, 0.1) is 0 Å². The quantitative estimate of drug-likeness (QED) is 0.443. The number of carbonyl (C=O) groups is 3. The molecule has 2 rings (SSSR count). The van der Waals surface area contributed by atoms with Crippen LogP contribution >= 0.6 is 0 Å². The van der Waals surface area contributed by atoms with Gasteiger partial charge in [-0.25, -0.2) is 4.79 Å². The number of hydrogen-bond acceptors (Lipinski definition) is 4. The van der Waals surface area contributed by atoms with Crippen molar-refractivity contribution in [2.24, 2.45) is 0 Å². The number of benzene rings is 2. The van der Waals surface area contributed by atoms with Crippen LogP contribution in [-0.2, 0) is 22.1 Å². The maximum Gasteiger partial charge on any atom is 0.416 e. The van der Waals surface area contributed by atoms with Gasteiger partial charge in [0, 0.05) is 12.0 Å². The summed E-state index contributed by atoms with van der Waals surface area (Å²) in [5.74, 6) is -1.38. The van der Waals surface area contributed by atoms with Crippen molar-refractivity contribution in [1.82, 2.24) is 0 Å². The molecule has 0 unspecified atom stereocenters. The molecule has 136 valence electrons. The van der Waals surface area contributed by atoms with Gasteiger partial charge < -0.3 is 4.74 Å². The molecular formula is C19H15F3O4. The van der Waals surface area contributed by atoms with Crippen LogP contribution in [0.15, 0.2) is 48.5 Å². The number of hydrogen-bond donors (Lipinski definition) is 0. The number of halogens is 3. The van der Waals surface area contributed by atoms with E-state index in [0.717, 1.165) is 12.1 Å². The van der Waals surface area contributed by atoms with E-state index in [9.17, 15) is 27.6 Å². The van der Waals surface area contributed by atoms with Gasteiger partial charge in [0.2, 0.25) is 0 Å². The number of ketones is 2. The number of methoxy groups -OCH3 is 1. The summed E-state index contributed by atoms with van der Waals surface area (Å²) >= 11 is 0. The highest BCUT2D eigenvalue weighted by Crippen LogP contribution is 2.29. The predicted molar refractivity (Wildman–Crippen MR) is 86.9 cm³/mol. The van der Waals surface area contributed by atoms with Gasteiger partial charge in [-0.15, -0.1) is 0 Å². The zero-order chi connectivity index (χ0) is 19.3. The van der Waals surface area contributed by atoms with Crippen molar-refractivity contribution < 1.29 is 32.3 Å². The lowest BCUT2D eigenvalue weighted by molar-refractivity contribution is -0.137. The summed E-state index contributed by atoms with van der Waals surface area (Å²) in [6.07, 6.45) is -4.95. The van der Waals surface area contributed by atoms with Gasteiger partial charge in [-0.2, -0.15) is 13.2 Å². The summed E-state index contributed by atoms with van der Waals surface area (Å²) in [6, 6.07) is 9.90. The Hall–Kier alpha value is -2.96. The summed E-state index contributed by atoms with van der Waals surface area (Å²) in [5.41, 5.74) is 0.144. The van der Waals surface area contributed by atoms with E-state index in [1.54, 1.807) is 0 Å². The summed E-state index contributed by atoms with van der Waals surface area (Å²) in [7, 11) is 1.24. The molecule has 26 heavy (non-hydrogen) atoms. The van der Waals surface area contributed by atoms with Crippen molar-refractivity contribution in [2.75, 3.05) is 7.11 Å². The van der Waals surface area contributed by atoms with Crippen molar-refractivity contribution in [3.8, 4) is 0 Å². The minimum Gasteiger partial charge on any atom is -0.465 e. The van der Waals surface area contributed by atoms with Gasteiger partial charge in [0.05, 0.1) is 24.7 Å². The van der Waals surface area contributed by atoms with Crippen LogP contribution in [-0.4, -0.2) is 24.6 Å². The Balaban J connectivity index is 1.96. The fourth-order valence-corrected chi connectivity index (χ4v) is 2.29. The molecule has 0 aliphatic rings. The average molecular weight is 364 g/mol. The van der Waals surface area contributed by atoms with E-state index in [2.05, 4.69) is 4.74 Å². The molecule has 0 N–H and O–H groups in total. The topological polar surface area (TPSA) is 60.4 Å². The Labute approximate surface area is 147 Å². The van der Waals surface area contributed by atoms with Crippen LogP contribution in [0.5, 0.6) is 0 Å². The van der Waals surface area contributed by atoms with Crippen LogP contribution in [0.3, 0.4) is 0 Å². The van der Waals surface area contributed by atoms with Crippen molar-refractivity contribution >= 4 is 17.5 Å². The highest BCUT2D eigenvalue weighted by Gasteiger charge is 2.30. The fraction of sp³-hybridized carbons (Fsp3) is 0.211. The highest BCUT2D eigenvalue weighted by molar-refractivity contribution is 6.08. The van der Waals surface area contributed by atoms with Crippen molar-refractivity contribution in [3.05, 3.63) is 70.8 Å². The number of Topliss-reactive ketones (excluding diaryl/α,β-unsaturated/α-hetero) is 2. The first-order valence-electron chi connectivity index (χ1n) is 7.60. The number of alkyl halides is 3. The lowest BCUT2D eigenvalue weighted by Gasteiger charge is -2.07. The van der Waals surface area contributed by atoms with E-state index in [1.807, 2.05) is 0 Å². The van der Waals surface area contributed by atoms with Crippen LogP contribution < -0.4 is 0 Å². The first-order valence-corrected chi connectivity index (χ1v) is 7.60. The molecule has 0 bridgehead atoms. The molecule has 0 atom stereocenters. The first-order chi connectivity index (χ1) is 12.2. The lowest BCUT2D eigenvalue weighted by atomic mass is 10.00. The van der Waals surface area contributed by atoms with E-state index < -0.39 is 29.3 Å². The molecule has 0 aliphatic carbocycles. The first kappa shape index (κ1) is 19.4. The molecule has 7 heteroatoms. The van der Waals surface area contributed by atoms with Gasteiger partial charge in [0.1, 0.15) is 5.78 Å². The Morgan fingerprint density at radius 2 is 1.42 bits per heavy atom. The molecule has 0 fully saturated rings. The van der Waals surface area contributed by atoms with Gasteiger partial charge in [-0.3, -0.25) is 9.59 Å². The number of esters is 1. The highest BCUT2D eigenvalue weighted by atomic mass is 19.4. The Kier molecular flexibility index (Phi) is 5.92. The monoisotopic (exact) mass is 364 g/mol. The molecule has 0 aromatic heterocycles. The second kappa shape index (κ2) is 7.95. The van der Waals surface area contributed by atoms with Gasteiger partial charge in [0.25, 0.3) is 0 Å². The van der Waals surface area contributed by atoms with Crippen molar-refractivity contribution in [3.63, 3.8) is 0 Å². The third kappa shape index (κ3) is 5.02. The second-order valence-electron chi connectivity index (χ2n) is 5.58. The summed E-state index contributed by atoms with van der Waals surface area (Å²) in [6.45, 7) is 0. The van der Waals surface area contributed by atoms with Gasteiger partial charge in [0.15, 0.2) is 5.78 Å². The lowest BCUT2D eigenvalue weighted by Crippen LogP contribution is -2.11. The van der Waals surface area contributed by atoms with E-state index in [4.69, 9.17) is 0 Å². The third-order valence-corrected chi connectivity index (χ3v) is 3.67. The van der Waals surface area contributed by atoms with E-state index >= 15 is 0 Å². The Morgan fingerprint density at radius 3 is 1.92 bits per heavy atom. The number of carbonyl (C=O) groups excluding carboxylic acids is 3. The maximum absolute atomic E-state index is 12.5. The normalized spacial score (nSPS) is 11.1. The number of ether oxygens (including phenoxy) is 1. The van der Waals surface area contributed by atoms with Gasteiger partial charge >= 0.3 is 12.1 Å². The van der Waals surface area contributed by atoms with Crippen molar-refractivity contribution in [2.45, 2.75) is 19.0 Å². The van der Waals surface area contributed by atoms with E-state index in [0.29, 0.717) is 5.56 Å². The van der Waals surface area contributed by atoms with Gasteiger partial charge in [-0.1, -0.05) is 24.3 Å². The Bertz CT molecular complexity index is 806. The SMILES string of the molecule is COC(=O)c1ccc(C(=O)CC(=O)Cc2ccc(C(F)(F)F)cc2)cc1. The fourth-order valence-electron chi connectivity index (χ4n) is 2.29. The minimum atomic E-state index is -4.44. The molecule has 2 aromatic carbocycles. The van der Waals surface area contributed by atoms with Crippen LogP contribution in [0.25, 0.3) is 0 Å². The second-order valence-corrected chi connectivity index (χ2v) is 5.58. The molecule has 0 saturated heterocycles.